The smallest absolute Gasteiger partial charge is 0.251 e. The molecule has 1 aromatic rings. The SMILES string of the molecule is CCCOCc1cc(C(=O)NC2CC2)ccc1OC. The van der Waals surface area contributed by atoms with Gasteiger partial charge in [0.2, 0.25) is 0 Å². The molecule has 1 aliphatic carbocycles. The second kappa shape index (κ2) is 6.57. The van der Waals surface area contributed by atoms with E-state index in [1.54, 1.807) is 13.2 Å². The highest BCUT2D eigenvalue weighted by Crippen LogP contribution is 2.23. The number of hydrogen-bond donors (Lipinski definition) is 1. The van der Waals surface area contributed by atoms with E-state index in [0.29, 0.717) is 24.8 Å². The van der Waals surface area contributed by atoms with Gasteiger partial charge in [-0.3, -0.25) is 4.79 Å². The van der Waals surface area contributed by atoms with Gasteiger partial charge in [-0.2, -0.15) is 0 Å². The first-order valence-corrected chi connectivity index (χ1v) is 6.80. The molecule has 0 heterocycles. The molecule has 2 rings (SSSR count). The van der Waals surface area contributed by atoms with E-state index in [9.17, 15) is 4.79 Å². The molecule has 19 heavy (non-hydrogen) atoms. The molecule has 0 aliphatic heterocycles. The molecule has 0 radical (unpaired) electrons. The Morgan fingerprint density at radius 2 is 2.21 bits per heavy atom. The standard InChI is InChI=1S/C15H21NO3/c1-3-8-19-10-12-9-11(4-7-14(12)18-2)15(17)16-13-5-6-13/h4,7,9,13H,3,5-6,8,10H2,1-2H3,(H,16,17). The number of nitrogens with one attached hydrogen (secondary N) is 1. The summed E-state index contributed by atoms with van der Waals surface area (Å²) >= 11 is 0. The van der Waals surface area contributed by atoms with Crippen molar-refractivity contribution in [2.45, 2.75) is 38.8 Å². The van der Waals surface area contributed by atoms with Crippen LogP contribution in [0.3, 0.4) is 0 Å². The number of benzene rings is 1. The molecule has 1 N–H and O–H groups in total. The Hall–Kier alpha value is -1.55. The van der Waals surface area contributed by atoms with Crippen molar-refractivity contribution in [3.05, 3.63) is 29.3 Å². The molecule has 1 fully saturated rings. The molecule has 1 aromatic carbocycles. The van der Waals surface area contributed by atoms with Crippen LogP contribution >= 0.6 is 0 Å². The second-order valence-corrected chi connectivity index (χ2v) is 4.83. The zero-order valence-electron chi connectivity index (χ0n) is 11.6. The normalized spacial score (nSPS) is 14.2. The van der Waals surface area contributed by atoms with E-state index < -0.39 is 0 Å². The molecule has 4 nitrogen and oxygen atoms in total. The average Bonchev–Trinajstić information content (AvgIpc) is 3.23. The van der Waals surface area contributed by atoms with Crippen LogP contribution in [0.5, 0.6) is 5.75 Å². The molecule has 0 bridgehead atoms. The van der Waals surface area contributed by atoms with Gasteiger partial charge >= 0.3 is 0 Å². The van der Waals surface area contributed by atoms with Crippen LogP contribution < -0.4 is 10.1 Å². The third kappa shape index (κ3) is 3.96. The van der Waals surface area contributed by atoms with Crippen molar-refractivity contribution in [1.29, 1.82) is 0 Å². The molecular weight excluding hydrogens is 242 g/mol. The summed E-state index contributed by atoms with van der Waals surface area (Å²) in [6.45, 7) is 3.25. The first kappa shape index (κ1) is 13.9. The van der Waals surface area contributed by atoms with Crippen molar-refractivity contribution in [1.82, 2.24) is 5.32 Å². The molecule has 0 aromatic heterocycles. The molecule has 1 aliphatic rings. The number of rotatable bonds is 7. The van der Waals surface area contributed by atoms with Crippen LogP contribution in [0.15, 0.2) is 18.2 Å². The van der Waals surface area contributed by atoms with Crippen LogP contribution in [-0.4, -0.2) is 25.7 Å². The lowest BCUT2D eigenvalue weighted by Crippen LogP contribution is -2.25. The van der Waals surface area contributed by atoms with E-state index >= 15 is 0 Å². The number of methoxy groups -OCH3 is 1. The largest absolute Gasteiger partial charge is 0.496 e. The van der Waals surface area contributed by atoms with Crippen LogP contribution in [-0.2, 0) is 11.3 Å². The zero-order valence-corrected chi connectivity index (χ0v) is 11.6. The minimum atomic E-state index is -0.0121. The van der Waals surface area contributed by atoms with Gasteiger partial charge in [-0.05, 0) is 37.5 Å². The van der Waals surface area contributed by atoms with Gasteiger partial charge < -0.3 is 14.8 Å². The second-order valence-electron chi connectivity index (χ2n) is 4.83. The fraction of sp³-hybridized carbons (Fsp3) is 0.533. The summed E-state index contributed by atoms with van der Waals surface area (Å²) in [7, 11) is 1.63. The highest BCUT2D eigenvalue weighted by molar-refractivity contribution is 5.95. The van der Waals surface area contributed by atoms with Crippen molar-refractivity contribution in [3.63, 3.8) is 0 Å². The van der Waals surface area contributed by atoms with Gasteiger partial charge in [-0.25, -0.2) is 0 Å². The van der Waals surface area contributed by atoms with E-state index in [1.807, 2.05) is 12.1 Å². The van der Waals surface area contributed by atoms with Crippen molar-refractivity contribution < 1.29 is 14.3 Å². The number of ether oxygens (including phenoxy) is 2. The predicted octanol–water partition coefficient (Wildman–Crippen LogP) is 2.51. The molecule has 0 spiro atoms. The monoisotopic (exact) mass is 263 g/mol. The molecule has 104 valence electrons. The van der Waals surface area contributed by atoms with Crippen molar-refractivity contribution >= 4 is 5.91 Å². The summed E-state index contributed by atoms with van der Waals surface area (Å²) < 4.78 is 10.8. The maximum absolute atomic E-state index is 12.0. The summed E-state index contributed by atoms with van der Waals surface area (Å²) in [5, 5.41) is 2.98. The van der Waals surface area contributed by atoms with Gasteiger partial charge in [0.15, 0.2) is 0 Å². The number of carbonyl (C=O) groups is 1. The number of hydrogen-bond acceptors (Lipinski definition) is 3. The van der Waals surface area contributed by atoms with Gasteiger partial charge in [-0.1, -0.05) is 6.92 Å². The lowest BCUT2D eigenvalue weighted by Gasteiger charge is -2.11. The molecule has 0 atom stereocenters. The van der Waals surface area contributed by atoms with Gasteiger partial charge in [0.05, 0.1) is 13.7 Å². The zero-order chi connectivity index (χ0) is 13.7. The Morgan fingerprint density at radius 3 is 2.84 bits per heavy atom. The first-order valence-electron chi connectivity index (χ1n) is 6.80. The van der Waals surface area contributed by atoms with Crippen LogP contribution in [0.4, 0.5) is 0 Å². The van der Waals surface area contributed by atoms with Crippen molar-refractivity contribution in [3.8, 4) is 5.75 Å². The molecule has 0 unspecified atom stereocenters. The maximum atomic E-state index is 12.0. The Kier molecular flexibility index (Phi) is 4.80. The summed E-state index contributed by atoms with van der Waals surface area (Å²) in [6.07, 6.45) is 3.16. The van der Waals surface area contributed by atoms with E-state index in [-0.39, 0.29) is 5.91 Å². The topological polar surface area (TPSA) is 47.6 Å². The van der Waals surface area contributed by atoms with Gasteiger partial charge in [0.1, 0.15) is 5.75 Å². The minimum absolute atomic E-state index is 0.0121. The predicted molar refractivity (Wildman–Crippen MR) is 73.4 cm³/mol. The van der Waals surface area contributed by atoms with Crippen LogP contribution in [0.2, 0.25) is 0 Å². The van der Waals surface area contributed by atoms with Crippen molar-refractivity contribution in [2.75, 3.05) is 13.7 Å². The quantitative estimate of drug-likeness (QED) is 0.769. The molecular formula is C15H21NO3. The Labute approximate surface area is 114 Å². The van der Waals surface area contributed by atoms with Gasteiger partial charge in [0, 0.05) is 23.8 Å². The molecule has 4 heteroatoms. The van der Waals surface area contributed by atoms with E-state index in [2.05, 4.69) is 12.2 Å². The molecule has 1 amide bonds. The average molecular weight is 263 g/mol. The fourth-order valence-corrected chi connectivity index (χ4v) is 1.86. The van der Waals surface area contributed by atoms with E-state index in [1.165, 1.54) is 0 Å². The fourth-order valence-electron chi connectivity index (χ4n) is 1.86. The lowest BCUT2D eigenvalue weighted by atomic mass is 10.1. The number of amides is 1. The third-order valence-electron chi connectivity index (χ3n) is 3.06. The van der Waals surface area contributed by atoms with Crippen LogP contribution in [0.25, 0.3) is 0 Å². The summed E-state index contributed by atoms with van der Waals surface area (Å²) in [5.74, 6) is 0.751. The van der Waals surface area contributed by atoms with E-state index in [0.717, 1.165) is 30.6 Å². The molecule has 1 saturated carbocycles. The van der Waals surface area contributed by atoms with Crippen LogP contribution in [0.1, 0.15) is 42.1 Å². The Morgan fingerprint density at radius 1 is 1.42 bits per heavy atom. The van der Waals surface area contributed by atoms with Gasteiger partial charge in [-0.15, -0.1) is 0 Å². The Bertz CT molecular complexity index is 441. The van der Waals surface area contributed by atoms with E-state index in [4.69, 9.17) is 9.47 Å². The third-order valence-corrected chi connectivity index (χ3v) is 3.06. The van der Waals surface area contributed by atoms with Crippen molar-refractivity contribution in [2.24, 2.45) is 0 Å². The maximum Gasteiger partial charge on any atom is 0.251 e. The first-order chi connectivity index (χ1) is 9.24. The highest BCUT2D eigenvalue weighted by Gasteiger charge is 2.24. The van der Waals surface area contributed by atoms with Gasteiger partial charge in [0.25, 0.3) is 5.91 Å². The lowest BCUT2D eigenvalue weighted by molar-refractivity contribution is 0.0950. The molecule has 0 saturated heterocycles. The van der Waals surface area contributed by atoms with Crippen LogP contribution in [0, 0.1) is 0 Å². The number of carbonyl (C=O) groups excluding carboxylic acids is 1. The summed E-state index contributed by atoms with van der Waals surface area (Å²) in [6, 6.07) is 5.84. The summed E-state index contributed by atoms with van der Waals surface area (Å²) in [5.41, 5.74) is 1.59. The Balaban J connectivity index is 2.06. The summed E-state index contributed by atoms with van der Waals surface area (Å²) in [4.78, 5) is 12.0. The minimum Gasteiger partial charge on any atom is -0.496 e. The highest BCUT2D eigenvalue weighted by atomic mass is 16.5.